The Hall–Kier alpha value is -1.31. The normalized spacial score (nSPS) is 11.7. The van der Waals surface area contributed by atoms with Crippen molar-refractivity contribution in [3.63, 3.8) is 0 Å². The van der Waals surface area contributed by atoms with Crippen LogP contribution in [0.1, 0.15) is 26.2 Å². The number of hydrogen-bond acceptors (Lipinski definition) is 6. The molecule has 0 aliphatic heterocycles. The lowest BCUT2D eigenvalue weighted by atomic mass is 10.1. The summed E-state index contributed by atoms with van der Waals surface area (Å²) < 4.78 is 0. The molecule has 126 valence electrons. The Labute approximate surface area is 145 Å². The third kappa shape index (κ3) is 8.78. The van der Waals surface area contributed by atoms with Crippen molar-refractivity contribution in [1.82, 2.24) is 15.6 Å². The molecule has 1 heterocycles. The van der Waals surface area contributed by atoms with Crippen LogP contribution in [0.15, 0.2) is 41.7 Å². The fourth-order valence-corrected chi connectivity index (χ4v) is 3.67. The molecule has 1 atom stereocenters. The molecule has 1 aromatic heterocycles. The maximum atomic E-state index is 12.1. The van der Waals surface area contributed by atoms with Crippen LogP contribution in [0.5, 0.6) is 0 Å². The van der Waals surface area contributed by atoms with Gasteiger partial charge in [-0.2, -0.15) is 0 Å². The van der Waals surface area contributed by atoms with E-state index >= 15 is 0 Å². The minimum Gasteiger partial charge on any atom is -0.329 e. The second-order valence-corrected chi connectivity index (χ2v) is 7.43. The number of aromatic nitrogens is 1. The molecule has 0 spiro atoms. The summed E-state index contributed by atoms with van der Waals surface area (Å²) in [4.78, 5) is 27.3. The van der Waals surface area contributed by atoms with Crippen LogP contribution in [0.3, 0.4) is 0 Å². The van der Waals surface area contributed by atoms with Crippen LogP contribution in [-0.4, -0.2) is 35.5 Å². The van der Waals surface area contributed by atoms with E-state index in [0.717, 1.165) is 10.8 Å². The van der Waals surface area contributed by atoms with Crippen LogP contribution >= 0.6 is 21.6 Å². The predicted octanol–water partition coefficient (Wildman–Crippen LogP) is 2.80. The molecule has 0 radical (unpaired) electrons. The summed E-state index contributed by atoms with van der Waals surface area (Å²) in [6.07, 6.45) is 3.34. The number of carbonyl (C=O) groups is 2. The molecular weight excluding hydrogens is 330 g/mol. The van der Waals surface area contributed by atoms with Gasteiger partial charge < -0.3 is 15.4 Å². The highest BCUT2D eigenvalue weighted by atomic mass is 33.1. The van der Waals surface area contributed by atoms with Crippen molar-refractivity contribution in [3.8, 4) is 0 Å². The smallest absolute Gasteiger partial charge is 0.241 e. The van der Waals surface area contributed by atoms with Gasteiger partial charge in [0.1, 0.15) is 10.8 Å². The van der Waals surface area contributed by atoms with E-state index in [-0.39, 0.29) is 17.7 Å². The maximum absolute atomic E-state index is 12.1. The zero-order valence-corrected chi connectivity index (χ0v) is 15.1. The van der Waals surface area contributed by atoms with Gasteiger partial charge in [-0.25, -0.2) is 4.98 Å². The summed E-state index contributed by atoms with van der Waals surface area (Å²) in [5.74, 6) is 0.777. The molecule has 0 aliphatic carbocycles. The summed E-state index contributed by atoms with van der Waals surface area (Å²) in [6, 6.07) is 5.43. The van der Waals surface area contributed by atoms with E-state index in [1.54, 1.807) is 34.8 Å². The number of pyridine rings is 1. The van der Waals surface area contributed by atoms with Gasteiger partial charge in [0, 0.05) is 24.1 Å². The van der Waals surface area contributed by atoms with Crippen LogP contribution in [0, 0.1) is 0 Å². The molecule has 0 saturated carbocycles. The lowest BCUT2D eigenvalue weighted by Crippen LogP contribution is -2.42. The number of nitrogens with one attached hydrogen (secondary N) is 2. The largest absolute Gasteiger partial charge is 0.329 e. The number of rotatable bonds is 11. The zero-order valence-electron chi connectivity index (χ0n) is 13.5. The van der Waals surface area contributed by atoms with Crippen molar-refractivity contribution in [1.29, 1.82) is 0 Å². The Bertz CT molecular complexity index is 523. The summed E-state index contributed by atoms with van der Waals surface area (Å²) >= 11 is 0. The van der Waals surface area contributed by atoms with Gasteiger partial charge in [-0.1, -0.05) is 23.4 Å². The highest BCUT2D eigenvalue weighted by Gasteiger charge is 2.17. The molecule has 5 nitrogen and oxygen atoms in total. The number of carbonyl (C=O) groups excluding carboxylic acids is 2. The average molecular weight is 354 g/mol. The van der Waals surface area contributed by atoms with Crippen LogP contribution in [-0.2, 0) is 9.59 Å². The third-order valence-corrected chi connectivity index (χ3v) is 5.29. The summed E-state index contributed by atoms with van der Waals surface area (Å²) in [5, 5.41) is 6.70. The monoisotopic (exact) mass is 353 g/mol. The van der Waals surface area contributed by atoms with E-state index < -0.39 is 0 Å². The van der Waals surface area contributed by atoms with Gasteiger partial charge in [-0.15, -0.1) is 0 Å². The van der Waals surface area contributed by atoms with Gasteiger partial charge in [-0.3, -0.25) is 4.79 Å². The average Bonchev–Trinajstić information content (AvgIpc) is 2.53. The fourth-order valence-electron chi connectivity index (χ4n) is 1.74. The zero-order chi connectivity index (χ0) is 17.1. The van der Waals surface area contributed by atoms with Gasteiger partial charge in [0.25, 0.3) is 0 Å². The highest BCUT2D eigenvalue weighted by molar-refractivity contribution is 8.76. The van der Waals surface area contributed by atoms with Crippen LogP contribution < -0.4 is 10.6 Å². The Kier molecular flexibility index (Phi) is 9.66. The molecule has 23 heavy (non-hydrogen) atoms. The lowest BCUT2D eigenvalue weighted by Gasteiger charge is -2.16. The van der Waals surface area contributed by atoms with Gasteiger partial charge in [0.05, 0.1) is 6.04 Å². The van der Waals surface area contributed by atoms with Gasteiger partial charge in [0.2, 0.25) is 5.91 Å². The first-order valence-electron chi connectivity index (χ1n) is 7.38. The molecule has 2 N–H and O–H groups in total. The molecule has 0 aliphatic rings. The third-order valence-electron chi connectivity index (χ3n) is 3.02. The SMILES string of the molecule is C=C(CCSSc1ccccn1)NC(=O)C(CCC(C)=O)NC. The topological polar surface area (TPSA) is 71.1 Å². The van der Waals surface area contributed by atoms with E-state index in [4.69, 9.17) is 0 Å². The quantitative estimate of drug-likeness (QED) is 0.471. The van der Waals surface area contributed by atoms with Crippen molar-refractivity contribution in [3.05, 3.63) is 36.7 Å². The maximum Gasteiger partial charge on any atom is 0.241 e. The Morgan fingerprint density at radius 1 is 1.35 bits per heavy atom. The van der Waals surface area contributed by atoms with E-state index in [2.05, 4.69) is 22.2 Å². The number of likely N-dealkylation sites (N-methyl/N-ethyl adjacent to an activating group) is 1. The second-order valence-electron chi connectivity index (χ2n) is 5.00. The molecule has 1 aromatic rings. The molecule has 0 bridgehead atoms. The second kappa shape index (κ2) is 11.3. The standard InChI is InChI=1S/C16H23N3O2S2/c1-12(9-11-22-23-15-6-4-5-10-18-15)19-16(21)14(17-3)8-7-13(2)20/h4-6,10,14,17H,1,7-9,11H2,2-3H3,(H,19,21). The van der Waals surface area contributed by atoms with Crippen molar-refractivity contribution in [2.24, 2.45) is 0 Å². The summed E-state index contributed by atoms with van der Waals surface area (Å²) in [7, 11) is 4.99. The molecule has 1 rings (SSSR count). The molecule has 0 aromatic carbocycles. The molecule has 7 heteroatoms. The number of Topliss-reactive ketones (excluding diaryl/α,β-unsaturated/α-hetero) is 1. The minimum atomic E-state index is -0.369. The number of allylic oxidation sites excluding steroid dienone is 1. The first kappa shape index (κ1) is 19.7. The Morgan fingerprint density at radius 2 is 2.13 bits per heavy atom. The molecule has 0 saturated heterocycles. The van der Waals surface area contributed by atoms with Crippen molar-refractivity contribution in [2.75, 3.05) is 12.8 Å². The van der Waals surface area contributed by atoms with Crippen molar-refractivity contribution < 1.29 is 9.59 Å². The fraction of sp³-hybridized carbons (Fsp3) is 0.438. The minimum absolute atomic E-state index is 0.0832. The Balaban J connectivity index is 2.23. The number of amides is 1. The molecule has 0 fully saturated rings. The summed E-state index contributed by atoms with van der Waals surface area (Å²) in [5.41, 5.74) is 0.687. The molecule has 1 unspecified atom stereocenters. The van der Waals surface area contributed by atoms with Crippen molar-refractivity contribution in [2.45, 2.75) is 37.3 Å². The first-order valence-corrected chi connectivity index (χ1v) is 9.70. The van der Waals surface area contributed by atoms with Crippen LogP contribution in [0.4, 0.5) is 0 Å². The van der Waals surface area contributed by atoms with Crippen LogP contribution in [0.25, 0.3) is 0 Å². The van der Waals surface area contributed by atoms with Crippen molar-refractivity contribution >= 4 is 33.3 Å². The van der Waals surface area contributed by atoms with E-state index in [1.165, 1.54) is 6.92 Å². The first-order chi connectivity index (χ1) is 11.0. The van der Waals surface area contributed by atoms with E-state index in [0.29, 0.717) is 25.0 Å². The Morgan fingerprint density at radius 3 is 2.74 bits per heavy atom. The number of nitrogens with zero attached hydrogens (tertiary/aromatic N) is 1. The van der Waals surface area contributed by atoms with Gasteiger partial charge in [0.15, 0.2) is 0 Å². The lowest BCUT2D eigenvalue weighted by molar-refractivity contribution is -0.122. The molecule has 1 amide bonds. The van der Waals surface area contributed by atoms with E-state index in [9.17, 15) is 9.59 Å². The van der Waals surface area contributed by atoms with E-state index in [1.807, 2.05) is 18.2 Å². The number of ketones is 1. The van der Waals surface area contributed by atoms with Crippen LogP contribution in [0.2, 0.25) is 0 Å². The summed E-state index contributed by atoms with van der Waals surface area (Å²) in [6.45, 7) is 5.41. The van der Waals surface area contributed by atoms with Gasteiger partial charge >= 0.3 is 0 Å². The number of hydrogen-bond donors (Lipinski definition) is 2. The predicted molar refractivity (Wildman–Crippen MR) is 97.2 cm³/mol. The highest BCUT2D eigenvalue weighted by Crippen LogP contribution is 2.29. The molecular formula is C16H23N3O2S2. The van der Waals surface area contributed by atoms with Gasteiger partial charge in [-0.05, 0) is 49.7 Å².